The van der Waals surface area contributed by atoms with Gasteiger partial charge in [-0.15, -0.1) is 0 Å². The maximum atomic E-state index is 12.1. The van der Waals surface area contributed by atoms with Crippen molar-refractivity contribution in [2.24, 2.45) is 57.7 Å². The molecule has 176 valence electrons. The second kappa shape index (κ2) is 7.49. The molecule has 0 amide bonds. The minimum absolute atomic E-state index is 0.0423. The number of carbonyl (C=O) groups is 1. The fraction of sp³-hybridized carbons (Fsp3) is 0.966. The Bertz CT molecular complexity index is 714. The lowest BCUT2D eigenvalue weighted by Crippen LogP contribution is -2.57. The maximum absolute atomic E-state index is 12.1. The topological polar surface area (TPSA) is 26.3 Å². The molecule has 2 heteroatoms. The predicted octanol–water partition coefficient (Wildman–Crippen LogP) is 7.65. The van der Waals surface area contributed by atoms with Gasteiger partial charge in [-0.05, 0) is 104 Å². The minimum Gasteiger partial charge on any atom is -0.462 e. The van der Waals surface area contributed by atoms with Gasteiger partial charge in [-0.2, -0.15) is 0 Å². The Labute approximate surface area is 191 Å². The molecule has 5 fully saturated rings. The first-order valence-electron chi connectivity index (χ1n) is 13.8. The van der Waals surface area contributed by atoms with Crippen LogP contribution in [-0.4, -0.2) is 12.1 Å². The Hall–Kier alpha value is -0.530. The van der Waals surface area contributed by atoms with Gasteiger partial charge >= 0.3 is 5.97 Å². The summed E-state index contributed by atoms with van der Waals surface area (Å²) in [6.07, 6.45) is 15.4. The fourth-order valence-corrected chi connectivity index (χ4v) is 10.7. The summed E-state index contributed by atoms with van der Waals surface area (Å²) in [4.78, 5) is 12.1. The molecule has 5 saturated carbocycles. The Balaban J connectivity index is 1.37. The molecule has 0 unspecified atom stereocenters. The van der Waals surface area contributed by atoms with Gasteiger partial charge in [0.2, 0.25) is 0 Å². The maximum Gasteiger partial charge on any atom is 0.302 e. The van der Waals surface area contributed by atoms with Gasteiger partial charge in [0.1, 0.15) is 6.10 Å². The van der Waals surface area contributed by atoms with Gasteiger partial charge in [0, 0.05) is 12.3 Å². The Morgan fingerprint density at radius 2 is 1.77 bits per heavy atom. The van der Waals surface area contributed by atoms with Crippen LogP contribution in [-0.2, 0) is 9.53 Å². The average molecular weight is 429 g/mol. The van der Waals surface area contributed by atoms with Crippen molar-refractivity contribution in [3.63, 3.8) is 0 Å². The summed E-state index contributed by atoms with van der Waals surface area (Å²) >= 11 is 0. The highest BCUT2D eigenvalue weighted by Crippen LogP contribution is 2.82. The quantitative estimate of drug-likeness (QED) is 0.406. The average Bonchev–Trinajstić information content (AvgIpc) is 3.20. The van der Waals surface area contributed by atoms with E-state index in [0.29, 0.717) is 16.2 Å². The molecule has 31 heavy (non-hydrogen) atoms. The van der Waals surface area contributed by atoms with Crippen molar-refractivity contribution in [3.8, 4) is 0 Å². The van der Waals surface area contributed by atoms with Crippen molar-refractivity contribution >= 4 is 5.97 Å². The first-order chi connectivity index (χ1) is 14.6. The van der Waals surface area contributed by atoms with Crippen molar-refractivity contribution in [3.05, 3.63) is 0 Å². The Morgan fingerprint density at radius 3 is 2.45 bits per heavy atom. The lowest BCUT2D eigenvalue weighted by Gasteiger charge is -2.60. The zero-order chi connectivity index (χ0) is 22.2. The highest BCUT2D eigenvalue weighted by molar-refractivity contribution is 5.66. The summed E-state index contributed by atoms with van der Waals surface area (Å²) in [5, 5.41) is 0. The molecule has 0 heterocycles. The molecular weight excluding hydrogens is 380 g/mol. The molecule has 0 N–H and O–H groups in total. The van der Waals surface area contributed by atoms with E-state index in [4.69, 9.17) is 4.74 Å². The van der Waals surface area contributed by atoms with E-state index in [1.165, 1.54) is 70.6 Å². The number of esters is 1. The standard InChI is InChI=1S/C29H48O2/c1-18(2)8-7-9-19(3)23-10-11-24-22-16-26(31-20(4)30)29-17-21(29)12-15-28(29,6)25(22)13-14-27(23,24)5/h18-19,21-26H,7-17H2,1-6H3/t19-,21+,22-,23+,24-,25-,26-,27+,28+,29-/m0/s1. The molecule has 0 radical (unpaired) electrons. The highest BCUT2D eigenvalue weighted by Gasteiger charge is 2.78. The summed E-state index contributed by atoms with van der Waals surface area (Å²) in [5.41, 5.74) is 1.28. The van der Waals surface area contributed by atoms with Gasteiger partial charge in [-0.1, -0.05) is 53.9 Å². The summed E-state index contributed by atoms with van der Waals surface area (Å²) in [6.45, 7) is 14.2. The molecule has 0 saturated heterocycles. The Kier molecular flexibility index (Phi) is 5.38. The monoisotopic (exact) mass is 428 g/mol. The molecule has 5 rings (SSSR count). The van der Waals surface area contributed by atoms with Gasteiger partial charge in [0.05, 0.1) is 0 Å². The predicted molar refractivity (Wildman–Crippen MR) is 126 cm³/mol. The third-order valence-corrected chi connectivity index (χ3v) is 12.1. The summed E-state index contributed by atoms with van der Waals surface area (Å²) in [6, 6.07) is 0. The SMILES string of the molecule is CC(=O)O[C@H]1C[C@H]2[C@@H]3CC[C@H]([C@@H](C)CCCC(C)C)[C@@]3(C)CC[C@@H]2[C@@]2(C)CC[C@@H]3C[C@]312. The van der Waals surface area contributed by atoms with Crippen LogP contribution in [0.25, 0.3) is 0 Å². The van der Waals surface area contributed by atoms with Crippen molar-refractivity contribution in [2.45, 2.75) is 118 Å². The number of hydrogen-bond donors (Lipinski definition) is 0. The third kappa shape index (κ3) is 3.12. The molecule has 5 aliphatic carbocycles. The number of hydrogen-bond acceptors (Lipinski definition) is 2. The van der Waals surface area contributed by atoms with E-state index in [2.05, 4.69) is 34.6 Å². The van der Waals surface area contributed by atoms with E-state index >= 15 is 0 Å². The van der Waals surface area contributed by atoms with Crippen molar-refractivity contribution in [2.75, 3.05) is 0 Å². The van der Waals surface area contributed by atoms with E-state index < -0.39 is 0 Å². The van der Waals surface area contributed by atoms with Crippen LogP contribution in [0.15, 0.2) is 0 Å². The second-order valence-electron chi connectivity index (χ2n) is 13.6. The number of rotatable bonds is 6. The molecule has 5 aliphatic rings. The normalized spacial score (nSPS) is 50.9. The largest absolute Gasteiger partial charge is 0.462 e. The van der Waals surface area contributed by atoms with Gasteiger partial charge in [-0.25, -0.2) is 0 Å². The van der Waals surface area contributed by atoms with Crippen molar-refractivity contribution in [1.82, 2.24) is 0 Å². The summed E-state index contributed by atoms with van der Waals surface area (Å²) < 4.78 is 6.16. The van der Waals surface area contributed by atoms with E-state index in [1.54, 1.807) is 6.92 Å². The third-order valence-electron chi connectivity index (χ3n) is 12.1. The molecule has 0 aromatic rings. The van der Waals surface area contributed by atoms with Crippen LogP contribution in [0, 0.1) is 57.7 Å². The van der Waals surface area contributed by atoms with Crippen LogP contribution < -0.4 is 0 Å². The number of carbonyl (C=O) groups excluding carboxylic acids is 1. The van der Waals surface area contributed by atoms with Gasteiger partial charge < -0.3 is 4.74 Å². The molecule has 0 bridgehead atoms. The van der Waals surface area contributed by atoms with E-state index in [-0.39, 0.29) is 12.1 Å². The molecule has 0 aromatic carbocycles. The lowest BCUT2D eigenvalue weighted by molar-refractivity contribution is -0.182. The first kappa shape index (κ1) is 22.3. The van der Waals surface area contributed by atoms with Crippen LogP contribution >= 0.6 is 0 Å². The lowest BCUT2D eigenvalue weighted by atomic mass is 9.45. The van der Waals surface area contributed by atoms with Crippen molar-refractivity contribution in [1.29, 1.82) is 0 Å². The van der Waals surface area contributed by atoms with Gasteiger partial charge in [0.15, 0.2) is 0 Å². The molecule has 10 atom stereocenters. The van der Waals surface area contributed by atoms with E-state index in [9.17, 15) is 4.79 Å². The summed E-state index contributed by atoms with van der Waals surface area (Å²) in [5.74, 6) is 5.91. The van der Waals surface area contributed by atoms with E-state index in [1.807, 2.05) is 0 Å². The zero-order valence-electron chi connectivity index (χ0n) is 21.2. The molecular formula is C29H48O2. The van der Waals surface area contributed by atoms with Crippen LogP contribution in [0.5, 0.6) is 0 Å². The first-order valence-corrected chi connectivity index (χ1v) is 13.8. The molecule has 0 aliphatic heterocycles. The van der Waals surface area contributed by atoms with Crippen LogP contribution in [0.1, 0.15) is 112 Å². The number of fused-ring (bicyclic) bond motifs is 4. The second-order valence-corrected chi connectivity index (χ2v) is 13.6. The number of ether oxygens (including phenoxy) is 1. The molecule has 0 aromatic heterocycles. The summed E-state index contributed by atoms with van der Waals surface area (Å²) in [7, 11) is 0. The molecule has 2 nitrogen and oxygen atoms in total. The van der Waals surface area contributed by atoms with E-state index in [0.717, 1.165) is 41.4 Å². The van der Waals surface area contributed by atoms with Crippen molar-refractivity contribution < 1.29 is 9.53 Å². The van der Waals surface area contributed by atoms with Gasteiger partial charge in [0.25, 0.3) is 0 Å². The van der Waals surface area contributed by atoms with Crippen LogP contribution in [0.2, 0.25) is 0 Å². The zero-order valence-corrected chi connectivity index (χ0v) is 21.2. The Morgan fingerprint density at radius 1 is 1.00 bits per heavy atom. The van der Waals surface area contributed by atoms with Gasteiger partial charge in [-0.3, -0.25) is 4.79 Å². The van der Waals surface area contributed by atoms with Crippen LogP contribution in [0.4, 0.5) is 0 Å². The minimum atomic E-state index is -0.0423. The van der Waals surface area contributed by atoms with Crippen LogP contribution in [0.3, 0.4) is 0 Å². The molecule has 1 spiro atoms. The highest BCUT2D eigenvalue weighted by atomic mass is 16.5. The smallest absolute Gasteiger partial charge is 0.302 e. The fourth-order valence-electron chi connectivity index (χ4n) is 10.7.